The molecule has 0 aliphatic rings. The van der Waals surface area contributed by atoms with E-state index in [9.17, 15) is 14.4 Å². The molecule has 2 amide bonds. The fourth-order valence-electron chi connectivity index (χ4n) is 2.84. The number of amides is 2. The maximum atomic E-state index is 12.3. The van der Waals surface area contributed by atoms with E-state index in [0.717, 1.165) is 16.5 Å². The summed E-state index contributed by atoms with van der Waals surface area (Å²) in [5.74, 6) is -0.811. The van der Waals surface area contributed by atoms with Crippen molar-refractivity contribution in [2.24, 2.45) is 0 Å². The third kappa shape index (κ3) is 4.76. The van der Waals surface area contributed by atoms with Gasteiger partial charge in [0.2, 0.25) is 5.91 Å². The molecule has 0 unspecified atom stereocenters. The summed E-state index contributed by atoms with van der Waals surface area (Å²) in [6.45, 7) is 0.203. The van der Waals surface area contributed by atoms with Crippen LogP contribution in [0.1, 0.15) is 22.3 Å². The summed E-state index contributed by atoms with van der Waals surface area (Å²) >= 11 is 0. The van der Waals surface area contributed by atoms with Crippen molar-refractivity contribution in [1.29, 1.82) is 0 Å². The second-order valence-corrected chi connectivity index (χ2v) is 6.24. The fraction of sp³-hybridized carbons (Fsp3) is 0.190. The van der Waals surface area contributed by atoms with Crippen LogP contribution in [-0.4, -0.2) is 36.4 Å². The number of ether oxygens (including phenoxy) is 1. The van der Waals surface area contributed by atoms with Crippen LogP contribution in [0, 0.1) is 0 Å². The molecule has 0 radical (unpaired) electrons. The summed E-state index contributed by atoms with van der Waals surface area (Å²) in [5.41, 5.74) is 2.97. The number of H-pyrrole nitrogens is 1. The molecule has 2 aromatic carbocycles. The first-order valence-electron chi connectivity index (χ1n) is 8.87. The van der Waals surface area contributed by atoms with Gasteiger partial charge in [0.15, 0.2) is 0 Å². The van der Waals surface area contributed by atoms with Crippen LogP contribution in [0.4, 0.5) is 5.69 Å². The number of hydrogen-bond acceptors (Lipinski definition) is 4. The van der Waals surface area contributed by atoms with E-state index in [-0.39, 0.29) is 37.2 Å². The Hall–Kier alpha value is -3.61. The number of esters is 1. The Morgan fingerprint density at radius 3 is 2.54 bits per heavy atom. The van der Waals surface area contributed by atoms with Crippen molar-refractivity contribution in [3.05, 3.63) is 65.9 Å². The first-order chi connectivity index (χ1) is 13.6. The van der Waals surface area contributed by atoms with Crippen LogP contribution in [0.25, 0.3) is 10.9 Å². The van der Waals surface area contributed by atoms with Crippen LogP contribution in [0.3, 0.4) is 0 Å². The standard InChI is InChI=1S/C21H21N3O4/c1-28-20(26)10-11-22-21(27)14-6-8-16(9-7-14)24-19(25)12-15-13-23-18-5-3-2-4-17(15)18/h2-9,13,23H,10-12H2,1H3,(H,22,27)(H,24,25). The van der Waals surface area contributed by atoms with Gasteiger partial charge >= 0.3 is 5.97 Å². The molecule has 0 saturated carbocycles. The number of rotatable bonds is 7. The number of fused-ring (bicyclic) bond motifs is 1. The molecule has 3 N–H and O–H groups in total. The molecule has 0 saturated heterocycles. The Bertz CT molecular complexity index is 992. The number of hydrogen-bond donors (Lipinski definition) is 3. The van der Waals surface area contributed by atoms with Gasteiger partial charge in [0.05, 0.1) is 20.0 Å². The van der Waals surface area contributed by atoms with Crippen molar-refractivity contribution < 1.29 is 19.1 Å². The highest BCUT2D eigenvalue weighted by molar-refractivity contribution is 5.97. The molecule has 3 rings (SSSR count). The third-order valence-electron chi connectivity index (χ3n) is 4.30. The summed E-state index contributed by atoms with van der Waals surface area (Å²) in [7, 11) is 1.30. The van der Waals surface area contributed by atoms with Crippen molar-refractivity contribution in [3.8, 4) is 0 Å². The van der Waals surface area contributed by atoms with E-state index in [1.807, 2.05) is 30.5 Å². The van der Waals surface area contributed by atoms with Crippen molar-refractivity contribution >= 4 is 34.4 Å². The SMILES string of the molecule is COC(=O)CCNC(=O)c1ccc(NC(=O)Cc2c[nH]c3ccccc23)cc1. The zero-order chi connectivity index (χ0) is 19.9. The first-order valence-corrected chi connectivity index (χ1v) is 8.87. The van der Waals surface area contributed by atoms with E-state index >= 15 is 0 Å². The lowest BCUT2D eigenvalue weighted by molar-refractivity contribution is -0.140. The van der Waals surface area contributed by atoms with Crippen LogP contribution in [0.2, 0.25) is 0 Å². The number of nitrogens with one attached hydrogen (secondary N) is 3. The van der Waals surface area contributed by atoms with E-state index in [2.05, 4.69) is 20.4 Å². The molecule has 0 bridgehead atoms. The van der Waals surface area contributed by atoms with Crippen molar-refractivity contribution in [2.45, 2.75) is 12.8 Å². The molecule has 3 aromatic rings. The highest BCUT2D eigenvalue weighted by atomic mass is 16.5. The number of methoxy groups -OCH3 is 1. The average Bonchev–Trinajstić information content (AvgIpc) is 3.11. The predicted octanol–water partition coefficient (Wildman–Crippen LogP) is 2.64. The van der Waals surface area contributed by atoms with E-state index < -0.39 is 0 Å². The van der Waals surface area contributed by atoms with Gasteiger partial charge in [-0.3, -0.25) is 14.4 Å². The number of carbonyl (C=O) groups excluding carboxylic acids is 3. The Kier molecular flexibility index (Phi) is 6.06. The van der Waals surface area contributed by atoms with E-state index in [0.29, 0.717) is 11.3 Å². The molecule has 7 heteroatoms. The number of aromatic nitrogens is 1. The molecule has 0 aliphatic heterocycles. The van der Waals surface area contributed by atoms with Gasteiger partial charge in [-0.15, -0.1) is 0 Å². The maximum Gasteiger partial charge on any atom is 0.307 e. The summed E-state index contributed by atoms with van der Waals surface area (Å²) < 4.78 is 4.52. The zero-order valence-corrected chi connectivity index (χ0v) is 15.5. The van der Waals surface area contributed by atoms with Gasteiger partial charge in [0.25, 0.3) is 5.91 Å². The monoisotopic (exact) mass is 379 g/mol. The van der Waals surface area contributed by atoms with Crippen LogP contribution < -0.4 is 10.6 Å². The molecular formula is C21H21N3O4. The molecular weight excluding hydrogens is 358 g/mol. The lowest BCUT2D eigenvalue weighted by Crippen LogP contribution is -2.26. The molecule has 28 heavy (non-hydrogen) atoms. The lowest BCUT2D eigenvalue weighted by atomic mass is 10.1. The summed E-state index contributed by atoms with van der Waals surface area (Å²) in [5, 5.41) is 6.50. The molecule has 0 aliphatic carbocycles. The fourth-order valence-corrected chi connectivity index (χ4v) is 2.84. The minimum absolute atomic E-state index is 0.115. The van der Waals surface area contributed by atoms with Gasteiger partial charge in [-0.1, -0.05) is 18.2 Å². The molecule has 0 fully saturated rings. The van der Waals surface area contributed by atoms with Gasteiger partial charge in [-0.05, 0) is 35.9 Å². The number of carbonyl (C=O) groups is 3. The van der Waals surface area contributed by atoms with Crippen LogP contribution in [-0.2, 0) is 20.7 Å². The molecule has 1 aromatic heterocycles. The molecule has 0 spiro atoms. The quantitative estimate of drug-likeness (QED) is 0.550. The second kappa shape index (κ2) is 8.85. The summed E-state index contributed by atoms with van der Waals surface area (Å²) in [4.78, 5) is 38.6. The Balaban J connectivity index is 1.54. The minimum Gasteiger partial charge on any atom is -0.469 e. The largest absolute Gasteiger partial charge is 0.469 e. The second-order valence-electron chi connectivity index (χ2n) is 6.24. The van der Waals surface area contributed by atoms with Crippen LogP contribution >= 0.6 is 0 Å². The van der Waals surface area contributed by atoms with E-state index in [4.69, 9.17) is 0 Å². The molecule has 144 valence electrons. The van der Waals surface area contributed by atoms with E-state index in [1.54, 1.807) is 24.3 Å². The molecule has 7 nitrogen and oxygen atoms in total. The molecule has 0 atom stereocenters. The Labute approximate surface area is 162 Å². The van der Waals surface area contributed by atoms with Crippen molar-refractivity contribution in [3.63, 3.8) is 0 Å². The number of benzene rings is 2. The van der Waals surface area contributed by atoms with E-state index in [1.165, 1.54) is 7.11 Å². The number of aromatic amines is 1. The predicted molar refractivity (Wildman–Crippen MR) is 106 cm³/mol. The number of para-hydroxylation sites is 1. The van der Waals surface area contributed by atoms with Crippen LogP contribution in [0.15, 0.2) is 54.7 Å². The van der Waals surface area contributed by atoms with Crippen LogP contribution in [0.5, 0.6) is 0 Å². The maximum absolute atomic E-state index is 12.3. The van der Waals surface area contributed by atoms with Crippen molar-refractivity contribution in [1.82, 2.24) is 10.3 Å². The zero-order valence-electron chi connectivity index (χ0n) is 15.5. The van der Waals surface area contributed by atoms with Gasteiger partial charge < -0.3 is 20.4 Å². The van der Waals surface area contributed by atoms with Gasteiger partial charge in [0.1, 0.15) is 0 Å². The number of anilines is 1. The van der Waals surface area contributed by atoms with Gasteiger partial charge in [-0.2, -0.15) is 0 Å². The van der Waals surface area contributed by atoms with Gasteiger partial charge in [-0.25, -0.2) is 0 Å². The minimum atomic E-state index is -0.381. The Morgan fingerprint density at radius 1 is 1.04 bits per heavy atom. The normalized spacial score (nSPS) is 10.5. The smallest absolute Gasteiger partial charge is 0.307 e. The summed E-state index contributed by atoms with van der Waals surface area (Å²) in [6.07, 6.45) is 2.20. The van der Waals surface area contributed by atoms with Crippen molar-refractivity contribution in [2.75, 3.05) is 19.0 Å². The van der Waals surface area contributed by atoms with Gasteiger partial charge in [0, 0.05) is 34.9 Å². The topological polar surface area (TPSA) is 100 Å². The Morgan fingerprint density at radius 2 is 1.79 bits per heavy atom. The highest BCUT2D eigenvalue weighted by Crippen LogP contribution is 2.19. The summed E-state index contributed by atoms with van der Waals surface area (Å²) in [6, 6.07) is 14.4. The first kappa shape index (κ1) is 19.2. The third-order valence-corrected chi connectivity index (χ3v) is 4.30. The average molecular weight is 379 g/mol. The molecule has 1 heterocycles. The lowest BCUT2D eigenvalue weighted by Gasteiger charge is -2.07. The highest BCUT2D eigenvalue weighted by Gasteiger charge is 2.10.